The maximum Gasteiger partial charge on any atom is 0.291 e. The second kappa shape index (κ2) is 8.88. The summed E-state index contributed by atoms with van der Waals surface area (Å²) < 4.78 is 9.93. The average molecular weight is 562 g/mol. The van der Waals surface area contributed by atoms with Gasteiger partial charge in [0.15, 0.2) is 5.82 Å². The molecule has 0 bridgehead atoms. The highest BCUT2D eigenvalue weighted by molar-refractivity contribution is 9.10. The highest BCUT2D eigenvalue weighted by atomic mass is 79.9. The van der Waals surface area contributed by atoms with Gasteiger partial charge in [-0.25, -0.2) is 4.68 Å². The summed E-state index contributed by atoms with van der Waals surface area (Å²) in [7, 11) is 1.63. The second-order valence-electron chi connectivity index (χ2n) is 7.59. The molecule has 0 aliphatic heterocycles. The molecule has 0 fully saturated rings. The lowest BCUT2D eigenvalue weighted by Gasteiger charge is -2.05. The van der Waals surface area contributed by atoms with Crippen LogP contribution < -0.4 is 14.8 Å². The predicted molar refractivity (Wildman–Crippen MR) is 142 cm³/mol. The summed E-state index contributed by atoms with van der Waals surface area (Å²) in [4.78, 5) is 19.2. The van der Waals surface area contributed by atoms with Crippen molar-refractivity contribution in [3.8, 4) is 33.4 Å². The number of ether oxygens (including phenoxy) is 1. The number of nitrogens with zero attached hydrogens (tertiary/aromatic N) is 5. The van der Waals surface area contributed by atoms with E-state index in [2.05, 4.69) is 26.0 Å². The van der Waals surface area contributed by atoms with E-state index in [1.54, 1.807) is 18.4 Å². The summed E-state index contributed by atoms with van der Waals surface area (Å²) in [6.45, 7) is 0. The minimum Gasteiger partial charge on any atom is -0.496 e. The number of benzene rings is 2. The van der Waals surface area contributed by atoms with Crippen LogP contribution in [-0.4, -0.2) is 31.5 Å². The predicted octanol–water partition coefficient (Wildman–Crippen LogP) is 5.05. The summed E-state index contributed by atoms with van der Waals surface area (Å²) >= 11 is 6.42. The molecule has 0 saturated heterocycles. The molecule has 0 saturated carbocycles. The van der Waals surface area contributed by atoms with E-state index in [0.29, 0.717) is 15.3 Å². The van der Waals surface area contributed by atoms with E-state index in [1.165, 1.54) is 15.9 Å². The molecule has 0 aliphatic carbocycles. The Kier molecular flexibility index (Phi) is 5.56. The third kappa shape index (κ3) is 3.99. The van der Waals surface area contributed by atoms with Gasteiger partial charge in [-0.2, -0.15) is 14.6 Å². The topological polar surface area (TPSA) is 74.3 Å². The molecule has 4 heterocycles. The SMILES string of the molecule is COc1ccc(-c2nn(-c3ccccc3)cc2C=c2sc3nc(-c4cccs4)nn3c2=O)cc1Br. The third-order valence-electron chi connectivity index (χ3n) is 5.40. The van der Waals surface area contributed by atoms with E-state index < -0.39 is 0 Å². The summed E-state index contributed by atoms with van der Waals surface area (Å²) in [6, 6.07) is 19.5. The monoisotopic (exact) mass is 561 g/mol. The lowest BCUT2D eigenvalue weighted by molar-refractivity contribution is 0.412. The number of thiazole rings is 1. The van der Waals surface area contributed by atoms with Gasteiger partial charge in [0.1, 0.15) is 11.4 Å². The normalized spacial score (nSPS) is 12.0. The molecule has 0 unspecified atom stereocenters. The van der Waals surface area contributed by atoms with Crippen LogP contribution in [0.2, 0.25) is 0 Å². The zero-order chi connectivity index (χ0) is 23.9. The molecular formula is C25H16BrN5O2S2. The van der Waals surface area contributed by atoms with Gasteiger partial charge in [-0.1, -0.05) is 35.6 Å². The van der Waals surface area contributed by atoms with E-state index in [0.717, 1.165) is 37.6 Å². The van der Waals surface area contributed by atoms with Crippen molar-refractivity contribution in [2.75, 3.05) is 7.11 Å². The van der Waals surface area contributed by atoms with Crippen LogP contribution in [-0.2, 0) is 0 Å². The third-order valence-corrected chi connectivity index (χ3v) is 7.84. The number of halogens is 1. The molecule has 0 radical (unpaired) electrons. The van der Waals surface area contributed by atoms with E-state index in [4.69, 9.17) is 9.84 Å². The lowest BCUT2D eigenvalue weighted by atomic mass is 10.1. The molecule has 0 amide bonds. The zero-order valence-electron chi connectivity index (χ0n) is 18.3. The van der Waals surface area contributed by atoms with Crippen LogP contribution in [0.15, 0.2) is 81.5 Å². The number of thiophene rings is 1. The first kappa shape index (κ1) is 21.9. The fourth-order valence-electron chi connectivity index (χ4n) is 3.73. The minimum absolute atomic E-state index is 0.199. The number of methoxy groups -OCH3 is 1. The number of rotatable bonds is 5. The van der Waals surface area contributed by atoms with E-state index in [1.807, 2.05) is 83.0 Å². The number of aromatic nitrogens is 5. The van der Waals surface area contributed by atoms with Gasteiger partial charge in [-0.15, -0.1) is 16.4 Å². The van der Waals surface area contributed by atoms with Crippen LogP contribution in [0.5, 0.6) is 5.75 Å². The maximum atomic E-state index is 13.2. The standard InChI is InChI=1S/C25H16BrN5O2S2/c1-33-19-10-9-15(12-18(19)26)22-16(14-30(28-22)17-6-3-2-4-7-17)13-21-24(32)31-25(35-21)27-23(29-31)20-8-5-11-34-20/h2-14H,1H3. The van der Waals surface area contributed by atoms with Gasteiger partial charge in [-0.3, -0.25) is 4.79 Å². The molecule has 172 valence electrons. The molecule has 0 atom stereocenters. The van der Waals surface area contributed by atoms with Crippen molar-refractivity contribution in [1.82, 2.24) is 24.4 Å². The number of hydrogen-bond donors (Lipinski definition) is 0. The lowest BCUT2D eigenvalue weighted by Crippen LogP contribution is -2.23. The van der Waals surface area contributed by atoms with Crippen LogP contribution in [0, 0.1) is 0 Å². The van der Waals surface area contributed by atoms with Crippen LogP contribution in [0.3, 0.4) is 0 Å². The smallest absolute Gasteiger partial charge is 0.291 e. The van der Waals surface area contributed by atoms with Gasteiger partial charge in [-0.05, 0) is 63.8 Å². The van der Waals surface area contributed by atoms with Crippen molar-refractivity contribution in [2.45, 2.75) is 0 Å². The van der Waals surface area contributed by atoms with Gasteiger partial charge < -0.3 is 4.74 Å². The average Bonchev–Trinajstić information content (AvgIpc) is 3.66. The maximum absolute atomic E-state index is 13.2. The highest BCUT2D eigenvalue weighted by Gasteiger charge is 2.16. The van der Waals surface area contributed by atoms with Crippen LogP contribution in [0.25, 0.3) is 38.7 Å². The fraction of sp³-hybridized carbons (Fsp3) is 0.0400. The van der Waals surface area contributed by atoms with Gasteiger partial charge in [0.2, 0.25) is 4.96 Å². The number of fused-ring (bicyclic) bond motifs is 1. The largest absolute Gasteiger partial charge is 0.496 e. The molecule has 6 aromatic rings. The molecule has 35 heavy (non-hydrogen) atoms. The van der Waals surface area contributed by atoms with Crippen molar-refractivity contribution in [2.24, 2.45) is 0 Å². The summed E-state index contributed by atoms with van der Waals surface area (Å²) in [5.41, 5.74) is 3.17. The second-order valence-corrected chi connectivity index (χ2v) is 10.4. The van der Waals surface area contributed by atoms with Crippen molar-refractivity contribution >= 4 is 49.6 Å². The fourth-order valence-corrected chi connectivity index (χ4v) is 5.82. The van der Waals surface area contributed by atoms with Gasteiger partial charge in [0.25, 0.3) is 5.56 Å². The Morgan fingerprint density at radius 3 is 2.63 bits per heavy atom. The molecule has 4 aromatic heterocycles. The first-order chi connectivity index (χ1) is 17.1. The Morgan fingerprint density at radius 1 is 1.06 bits per heavy atom. The molecule has 6 rings (SSSR count). The summed E-state index contributed by atoms with van der Waals surface area (Å²) in [5.74, 6) is 1.30. The van der Waals surface area contributed by atoms with Crippen molar-refractivity contribution in [3.05, 3.63) is 97.2 Å². The Labute approximate surface area is 215 Å². The molecular weight excluding hydrogens is 546 g/mol. The van der Waals surface area contributed by atoms with Crippen LogP contribution in [0.1, 0.15) is 5.56 Å². The molecule has 0 spiro atoms. The van der Waals surface area contributed by atoms with Gasteiger partial charge >= 0.3 is 0 Å². The minimum atomic E-state index is -0.199. The summed E-state index contributed by atoms with van der Waals surface area (Å²) in [6.07, 6.45) is 3.78. The van der Waals surface area contributed by atoms with Gasteiger partial charge in [0.05, 0.1) is 26.7 Å². The molecule has 0 aliphatic rings. The van der Waals surface area contributed by atoms with Gasteiger partial charge in [0, 0.05) is 17.3 Å². The number of para-hydroxylation sites is 1. The highest BCUT2D eigenvalue weighted by Crippen LogP contribution is 2.32. The quantitative estimate of drug-likeness (QED) is 0.294. The van der Waals surface area contributed by atoms with Crippen molar-refractivity contribution < 1.29 is 4.74 Å². The first-order valence-corrected chi connectivity index (χ1v) is 13.0. The molecule has 0 N–H and O–H groups in total. The first-order valence-electron chi connectivity index (χ1n) is 10.5. The van der Waals surface area contributed by atoms with E-state index in [9.17, 15) is 4.79 Å². The molecule has 10 heteroatoms. The Bertz CT molecular complexity index is 1770. The Balaban J connectivity index is 1.51. The Hall–Kier alpha value is -3.60. The zero-order valence-corrected chi connectivity index (χ0v) is 21.5. The summed E-state index contributed by atoms with van der Waals surface area (Å²) in [5, 5.41) is 11.2. The molecule has 7 nitrogen and oxygen atoms in total. The van der Waals surface area contributed by atoms with Crippen LogP contribution >= 0.6 is 38.6 Å². The van der Waals surface area contributed by atoms with Crippen molar-refractivity contribution in [3.63, 3.8) is 0 Å². The number of hydrogen-bond acceptors (Lipinski definition) is 7. The van der Waals surface area contributed by atoms with E-state index in [-0.39, 0.29) is 5.56 Å². The Morgan fingerprint density at radius 2 is 1.91 bits per heavy atom. The van der Waals surface area contributed by atoms with Crippen LogP contribution in [0.4, 0.5) is 0 Å². The molecule has 2 aromatic carbocycles. The van der Waals surface area contributed by atoms with Crippen molar-refractivity contribution in [1.29, 1.82) is 0 Å². The van der Waals surface area contributed by atoms with E-state index >= 15 is 0 Å².